The second-order valence-electron chi connectivity index (χ2n) is 4.45. The van der Waals surface area contributed by atoms with E-state index in [4.69, 9.17) is 27.6 Å². The van der Waals surface area contributed by atoms with Gasteiger partial charge in [-0.05, 0) is 48.2 Å². The number of allylic oxidation sites excluding steroid dienone is 2. The fraction of sp³-hybridized carbons (Fsp3) is 0. The maximum absolute atomic E-state index is 11.9. The highest BCUT2D eigenvalue weighted by Gasteiger charge is 2.23. The van der Waals surface area contributed by atoms with Crippen LogP contribution < -0.4 is 5.32 Å². The minimum Gasteiger partial charge on any atom is -0.465 e. The lowest BCUT2D eigenvalue weighted by Gasteiger charge is -2.00. The van der Waals surface area contributed by atoms with E-state index in [0.717, 1.165) is 0 Å². The molecule has 1 N–H and O–H groups in total. The van der Waals surface area contributed by atoms with Crippen molar-refractivity contribution in [2.45, 2.75) is 0 Å². The molecule has 0 atom stereocenters. The third-order valence-electron chi connectivity index (χ3n) is 2.86. The van der Waals surface area contributed by atoms with Crippen molar-refractivity contribution in [3.8, 4) is 0 Å². The summed E-state index contributed by atoms with van der Waals surface area (Å²) in [6.45, 7) is 0. The number of furan rings is 1. The number of halogens is 2. The topological polar surface area (TPSA) is 54.6 Å². The predicted octanol–water partition coefficient (Wildman–Crippen LogP) is 5.03. The van der Waals surface area contributed by atoms with E-state index in [0.29, 0.717) is 31.6 Å². The van der Waals surface area contributed by atoms with Crippen LogP contribution in [0.15, 0.2) is 63.1 Å². The van der Waals surface area contributed by atoms with Gasteiger partial charge in [-0.1, -0.05) is 35.3 Å². The summed E-state index contributed by atoms with van der Waals surface area (Å²) < 4.78 is 5.18. The van der Waals surface area contributed by atoms with E-state index in [1.807, 2.05) is 6.07 Å². The van der Waals surface area contributed by atoms with Gasteiger partial charge in [0.05, 0.1) is 26.9 Å². The third kappa shape index (κ3) is 3.88. The molecule has 2 aromatic rings. The van der Waals surface area contributed by atoms with Crippen LogP contribution in [0.1, 0.15) is 5.76 Å². The van der Waals surface area contributed by atoms with Gasteiger partial charge in [0.1, 0.15) is 5.76 Å². The van der Waals surface area contributed by atoms with E-state index in [9.17, 15) is 4.79 Å². The second kappa shape index (κ2) is 7.08. The van der Waals surface area contributed by atoms with Crippen molar-refractivity contribution in [2.24, 2.45) is 4.99 Å². The van der Waals surface area contributed by atoms with Crippen LogP contribution in [0.3, 0.4) is 0 Å². The zero-order chi connectivity index (χ0) is 16.2. The first-order chi connectivity index (χ1) is 11.1. The highest BCUT2D eigenvalue weighted by Crippen LogP contribution is 2.34. The molecular formula is C16H10Cl2N2O2S. The summed E-state index contributed by atoms with van der Waals surface area (Å²) in [4.78, 5) is 16.8. The number of carbonyl (C=O) groups excluding carboxylic acids is 1. The fourth-order valence-corrected chi connectivity index (χ4v) is 2.92. The normalized spacial score (nSPS) is 18.3. The number of hydrogen-bond acceptors (Lipinski definition) is 4. The van der Waals surface area contributed by atoms with Crippen LogP contribution in [-0.2, 0) is 4.79 Å². The quantitative estimate of drug-likeness (QED) is 0.776. The highest BCUT2D eigenvalue weighted by molar-refractivity contribution is 8.18. The molecule has 1 aromatic heterocycles. The number of rotatable bonds is 3. The first-order valence-corrected chi connectivity index (χ1v) is 8.14. The summed E-state index contributed by atoms with van der Waals surface area (Å²) >= 11 is 13.3. The highest BCUT2D eigenvalue weighted by atomic mass is 35.5. The van der Waals surface area contributed by atoms with Crippen LogP contribution in [0.2, 0.25) is 10.0 Å². The van der Waals surface area contributed by atoms with Crippen LogP contribution in [0, 0.1) is 0 Å². The summed E-state index contributed by atoms with van der Waals surface area (Å²) in [6, 6.07) is 8.78. The number of nitrogens with zero attached hydrogens (tertiary/aromatic N) is 1. The Balaban J connectivity index is 1.77. The molecule has 1 amide bonds. The summed E-state index contributed by atoms with van der Waals surface area (Å²) in [5, 5.41) is 3.91. The summed E-state index contributed by atoms with van der Waals surface area (Å²) in [6.07, 6.45) is 6.80. The third-order valence-corrected chi connectivity index (χ3v) is 4.59. The van der Waals surface area contributed by atoms with Crippen molar-refractivity contribution in [3.63, 3.8) is 0 Å². The van der Waals surface area contributed by atoms with Crippen LogP contribution in [0.25, 0.3) is 6.08 Å². The Labute approximate surface area is 146 Å². The first-order valence-electron chi connectivity index (χ1n) is 6.57. The molecule has 0 spiro atoms. The Morgan fingerprint density at radius 2 is 2.09 bits per heavy atom. The number of nitrogens with one attached hydrogen (secondary N) is 1. The molecule has 0 saturated carbocycles. The standard InChI is InChI=1S/C16H10Cl2N2O2S/c17-11-6-2-7-12(14(11)18)19-16-20-15(21)13(23-16)8-1-4-10-5-3-9-22-10/h1-9H,(H,19,20,21)/b4-1+,13-8+. The Bertz CT molecular complexity index is 827. The van der Waals surface area contributed by atoms with Gasteiger partial charge in [0.15, 0.2) is 5.17 Å². The van der Waals surface area contributed by atoms with Crippen LogP contribution in [-0.4, -0.2) is 11.1 Å². The molecule has 1 fully saturated rings. The van der Waals surface area contributed by atoms with E-state index in [1.165, 1.54) is 11.8 Å². The van der Waals surface area contributed by atoms with Crippen LogP contribution in [0.4, 0.5) is 5.69 Å². The van der Waals surface area contributed by atoms with Crippen molar-refractivity contribution >= 4 is 57.8 Å². The molecule has 0 unspecified atom stereocenters. The molecule has 1 aromatic carbocycles. The molecule has 1 saturated heterocycles. The van der Waals surface area contributed by atoms with Crippen molar-refractivity contribution in [3.05, 3.63) is 69.5 Å². The molecule has 3 rings (SSSR count). The van der Waals surface area contributed by atoms with Gasteiger partial charge in [0.25, 0.3) is 5.91 Å². The number of aliphatic imine (C=N–C) groups is 1. The van der Waals surface area contributed by atoms with Crippen molar-refractivity contribution < 1.29 is 9.21 Å². The lowest BCUT2D eigenvalue weighted by Crippen LogP contribution is -2.19. The van der Waals surface area contributed by atoms with E-state index < -0.39 is 0 Å². The molecule has 1 aliphatic heterocycles. The second-order valence-corrected chi connectivity index (χ2v) is 6.27. The number of amides is 1. The van der Waals surface area contributed by atoms with Gasteiger partial charge < -0.3 is 9.73 Å². The van der Waals surface area contributed by atoms with E-state index in [-0.39, 0.29) is 5.91 Å². The van der Waals surface area contributed by atoms with Gasteiger partial charge in [0, 0.05) is 0 Å². The van der Waals surface area contributed by atoms with Gasteiger partial charge in [-0.2, -0.15) is 0 Å². The van der Waals surface area contributed by atoms with E-state index in [2.05, 4.69) is 10.3 Å². The van der Waals surface area contributed by atoms with Gasteiger partial charge >= 0.3 is 0 Å². The molecule has 0 aliphatic carbocycles. The zero-order valence-corrected chi connectivity index (χ0v) is 14.0. The monoisotopic (exact) mass is 364 g/mol. The number of carbonyl (C=O) groups is 1. The SMILES string of the molecule is O=C1NC(=Nc2cccc(Cl)c2Cl)S/C1=C/C=C/c1ccco1. The number of amidine groups is 1. The summed E-state index contributed by atoms with van der Waals surface area (Å²) in [7, 11) is 0. The molecule has 0 radical (unpaired) electrons. The van der Waals surface area contributed by atoms with E-state index in [1.54, 1.807) is 48.8 Å². The Kier molecular flexibility index (Phi) is 4.91. The predicted molar refractivity (Wildman–Crippen MR) is 95.1 cm³/mol. The van der Waals surface area contributed by atoms with Gasteiger partial charge in [-0.15, -0.1) is 0 Å². The van der Waals surface area contributed by atoms with Crippen molar-refractivity contribution in [2.75, 3.05) is 0 Å². The van der Waals surface area contributed by atoms with Crippen molar-refractivity contribution in [1.29, 1.82) is 0 Å². The fourth-order valence-electron chi connectivity index (χ4n) is 1.80. The lowest BCUT2D eigenvalue weighted by atomic mass is 10.3. The van der Waals surface area contributed by atoms with Crippen LogP contribution in [0.5, 0.6) is 0 Å². The molecule has 2 heterocycles. The molecule has 7 heteroatoms. The Hall–Kier alpha value is -1.95. The minimum atomic E-state index is -0.212. The van der Waals surface area contributed by atoms with Gasteiger partial charge in [0.2, 0.25) is 0 Å². The van der Waals surface area contributed by atoms with Gasteiger partial charge in [-0.25, -0.2) is 4.99 Å². The lowest BCUT2D eigenvalue weighted by molar-refractivity contribution is -0.115. The molecule has 23 heavy (non-hydrogen) atoms. The van der Waals surface area contributed by atoms with Gasteiger partial charge in [-0.3, -0.25) is 4.79 Å². The molecule has 116 valence electrons. The number of hydrogen-bond donors (Lipinski definition) is 1. The zero-order valence-electron chi connectivity index (χ0n) is 11.6. The number of benzene rings is 1. The molecule has 0 bridgehead atoms. The molecular weight excluding hydrogens is 355 g/mol. The number of thioether (sulfide) groups is 1. The van der Waals surface area contributed by atoms with E-state index >= 15 is 0 Å². The molecule has 1 aliphatic rings. The maximum Gasteiger partial charge on any atom is 0.264 e. The smallest absolute Gasteiger partial charge is 0.264 e. The first kappa shape index (κ1) is 15.9. The summed E-state index contributed by atoms with van der Waals surface area (Å²) in [5.41, 5.74) is 0.509. The average molecular weight is 365 g/mol. The Morgan fingerprint density at radius 1 is 1.22 bits per heavy atom. The largest absolute Gasteiger partial charge is 0.465 e. The minimum absolute atomic E-state index is 0.212. The summed E-state index contributed by atoms with van der Waals surface area (Å²) in [5.74, 6) is 0.501. The maximum atomic E-state index is 11.9. The van der Waals surface area contributed by atoms with Crippen molar-refractivity contribution in [1.82, 2.24) is 5.32 Å². The Morgan fingerprint density at radius 3 is 2.87 bits per heavy atom. The molecule has 4 nitrogen and oxygen atoms in total. The average Bonchev–Trinajstić information content (AvgIpc) is 3.15. The van der Waals surface area contributed by atoms with Crippen LogP contribution >= 0.6 is 35.0 Å².